The van der Waals surface area contributed by atoms with Gasteiger partial charge in [-0.3, -0.25) is 15.1 Å². The van der Waals surface area contributed by atoms with Gasteiger partial charge in [0.15, 0.2) is 0 Å². The summed E-state index contributed by atoms with van der Waals surface area (Å²) >= 11 is 6.17. The van der Waals surface area contributed by atoms with Crippen LogP contribution in [0.15, 0.2) is 54.9 Å². The van der Waals surface area contributed by atoms with Gasteiger partial charge in [-0.15, -0.1) is 0 Å². The number of nitrogens with two attached hydrogens (primary N) is 1. The third-order valence-electron chi connectivity index (χ3n) is 3.27. The summed E-state index contributed by atoms with van der Waals surface area (Å²) in [4.78, 5) is 4.29. The molecular formula is C16H14ClN5. The largest absolute Gasteiger partial charge is 0.384 e. The Kier molecular flexibility index (Phi) is 3.89. The number of rotatable bonds is 4. The predicted molar refractivity (Wildman–Crippen MR) is 87.0 cm³/mol. The third-order valence-corrected chi connectivity index (χ3v) is 3.64. The van der Waals surface area contributed by atoms with Crippen LogP contribution in [0.25, 0.3) is 11.4 Å². The topological polar surface area (TPSA) is 80.6 Å². The van der Waals surface area contributed by atoms with Crippen LogP contribution < -0.4 is 5.73 Å². The van der Waals surface area contributed by atoms with Gasteiger partial charge in [0, 0.05) is 23.0 Å². The molecule has 3 N–H and O–H groups in total. The molecule has 2 aromatic heterocycles. The van der Waals surface area contributed by atoms with Crippen LogP contribution in [-0.4, -0.2) is 20.6 Å². The van der Waals surface area contributed by atoms with E-state index < -0.39 is 0 Å². The van der Waals surface area contributed by atoms with Gasteiger partial charge >= 0.3 is 0 Å². The molecular weight excluding hydrogens is 298 g/mol. The highest BCUT2D eigenvalue weighted by Gasteiger charge is 2.11. The van der Waals surface area contributed by atoms with Crippen molar-refractivity contribution in [1.29, 1.82) is 5.41 Å². The number of hydrogen-bond acceptors (Lipinski definition) is 3. The average Bonchev–Trinajstić information content (AvgIpc) is 2.98. The van der Waals surface area contributed by atoms with E-state index >= 15 is 0 Å². The van der Waals surface area contributed by atoms with Gasteiger partial charge in [-0.1, -0.05) is 29.8 Å². The van der Waals surface area contributed by atoms with Crippen LogP contribution in [0.4, 0.5) is 0 Å². The highest BCUT2D eigenvalue weighted by Crippen LogP contribution is 2.20. The molecule has 1 aromatic carbocycles. The Bertz CT molecular complexity index is 825. The lowest BCUT2D eigenvalue weighted by Crippen LogP contribution is -2.13. The normalized spacial score (nSPS) is 10.6. The van der Waals surface area contributed by atoms with Crippen LogP contribution in [0.2, 0.25) is 5.02 Å². The molecule has 0 bridgehead atoms. The quantitative estimate of drug-likeness (QED) is 0.574. The Labute approximate surface area is 132 Å². The van der Waals surface area contributed by atoms with Crippen molar-refractivity contribution in [2.75, 3.05) is 0 Å². The third kappa shape index (κ3) is 2.84. The molecule has 0 amide bonds. The molecule has 2 heterocycles. The van der Waals surface area contributed by atoms with Crippen LogP contribution in [0, 0.1) is 5.41 Å². The van der Waals surface area contributed by atoms with E-state index in [2.05, 4.69) is 10.1 Å². The highest BCUT2D eigenvalue weighted by atomic mass is 35.5. The second kappa shape index (κ2) is 5.99. The summed E-state index contributed by atoms with van der Waals surface area (Å²) in [5.41, 5.74) is 8.44. The molecule has 0 radical (unpaired) electrons. The van der Waals surface area contributed by atoms with Gasteiger partial charge in [-0.25, -0.2) is 0 Å². The Balaban J connectivity index is 1.92. The van der Waals surface area contributed by atoms with Gasteiger partial charge in [0.25, 0.3) is 0 Å². The molecule has 6 heteroatoms. The molecule has 0 aliphatic rings. The van der Waals surface area contributed by atoms with Gasteiger partial charge in [0.1, 0.15) is 17.2 Å². The van der Waals surface area contributed by atoms with Crippen LogP contribution in [0.5, 0.6) is 0 Å². The lowest BCUT2D eigenvalue weighted by Gasteiger charge is -2.05. The second-order valence-electron chi connectivity index (χ2n) is 4.80. The molecule has 0 unspecified atom stereocenters. The maximum Gasteiger partial charge on any atom is 0.125 e. The standard InChI is InChI=1S/C16H14ClN5/c17-13-6-2-1-4-11(13)10-22-9-7-14(21-22)15-12(16(18)19)5-3-8-20-15/h1-9H,10H2,(H3,18,19). The first kappa shape index (κ1) is 14.3. The van der Waals surface area contributed by atoms with Crippen molar-refractivity contribution >= 4 is 17.4 Å². The number of pyridine rings is 1. The minimum atomic E-state index is -0.0243. The molecule has 22 heavy (non-hydrogen) atoms. The number of nitrogens with one attached hydrogen (secondary N) is 1. The number of amidine groups is 1. The van der Waals surface area contributed by atoms with Crippen molar-refractivity contribution in [3.05, 3.63) is 71.0 Å². The van der Waals surface area contributed by atoms with Crippen LogP contribution in [-0.2, 0) is 6.54 Å². The first-order chi connectivity index (χ1) is 10.6. The fourth-order valence-electron chi connectivity index (χ4n) is 2.20. The minimum absolute atomic E-state index is 0.0243. The number of halogens is 1. The Morgan fingerprint density at radius 2 is 2.00 bits per heavy atom. The molecule has 110 valence electrons. The van der Waals surface area contributed by atoms with Crippen molar-refractivity contribution in [2.24, 2.45) is 5.73 Å². The van der Waals surface area contributed by atoms with Gasteiger partial charge in [-0.2, -0.15) is 5.10 Å². The molecule has 0 saturated carbocycles. The van der Waals surface area contributed by atoms with Crippen molar-refractivity contribution in [1.82, 2.24) is 14.8 Å². The van der Waals surface area contributed by atoms with Crippen molar-refractivity contribution in [3.8, 4) is 11.4 Å². The number of nitrogens with zero attached hydrogens (tertiary/aromatic N) is 3. The minimum Gasteiger partial charge on any atom is -0.384 e. The van der Waals surface area contributed by atoms with E-state index in [1.807, 2.05) is 36.5 Å². The van der Waals surface area contributed by atoms with E-state index in [1.165, 1.54) is 0 Å². The van der Waals surface area contributed by atoms with Gasteiger partial charge in [-0.05, 0) is 29.8 Å². The number of nitrogen functional groups attached to an aromatic ring is 1. The molecule has 0 aliphatic heterocycles. The molecule has 0 aliphatic carbocycles. The fourth-order valence-corrected chi connectivity index (χ4v) is 2.40. The first-order valence-electron chi connectivity index (χ1n) is 6.72. The summed E-state index contributed by atoms with van der Waals surface area (Å²) in [6, 6.07) is 13.0. The summed E-state index contributed by atoms with van der Waals surface area (Å²) < 4.78 is 1.79. The molecule has 0 fully saturated rings. The Morgan fingerprint density at radius 1 is 1.18 bits per heavy atom. The zero-order chi connectivity index (χ0) is 15.5. The fraction of sp³-hybridized carbons (Fsp3) is 0.0625. The molecule has 0 saturated heterocycles. The molecule has 3 rings (SSSR count). The maximum atomic E-state index is 7.63. The zero-order valence-electron chi connectivity index (χ0n) is 11.7. The average molecular weight is 312 g/mol. The van der Waals surface area contributed by atoms with E-state index in [4.69, 9.17) is 22.7 Å². The van der Waals surface area contributed by atoms with Crippen molar-refractivity contribution < 1.29 is 0 Å². The van der Waals surface area contributed by atoms with Crippen LogP contribution >= 0.6 is 11.6 Å². The molecule has 0 atom stereocenters. The van der Waals surface area contributed by atoms with E-state index in [0.29, 0.717) is 28.5 Å². The highest BCUT2D eigenvalue weighted by molar-refractivity contribution is 6.31. The summed E-state index contributed by atoms with van der Waals surface area (Å²) in [5.74, 6) is -0.0243. The molecule has 5 nitrogen and oxygen atoms in total. The summed E-state index contributed by atoms with van der Waals surface area (Å²) in [7, 11) is 0. The lowest BCUT2D eigenvalue weighted by molar-refractivity contribution is 0.689. The smallest absolute Gasteiger partial charge is 0.125 e. The SMILES string of the molecule is N=C(N)c1cccnc1-c1ccn(Cc2ccccc2Cl)n1. The van der Waals surface area contributed by atoms with Crippen molar-refractivity contribution in [3.63, 3.8) is 0 Å². The van der Waals surface area contributed by atoms with Crippen molar-refractivity contribution in [2.45, 2.75) is 6.54 Å². The monoisotopic (exact) mass is 311 g/mol. The maximum absolute atomic E-state index is 7.63. The Morgan fingerprint density at radius 3 is 2.77 bits per heavy atom. The summed E-state index contributed by atoms with van der Waals surface area (Å²) in [6.45, 7) is 0.571. The van der Waals surface area contributed by atoms with Crippen LogP contribution in [0.1, 0.15) is 11.1 Å². The van der Waals surface area contributed by atoms with Gasteiger partial charge in [0.2, 0.25) is 0 Å². The van der Waals surface area contributed by atoms with Gasteiger partial charge in [0.05, 0.1) is 6.54 Å². The number of benzene rings is 1. The molecule has 3 aromatic rings. The zero-order valence-corrected chi connectivity index (χ0v) is 12.5. The number of aromatic nitrogens is 3. The van der Waals surface area contributed by atoms with E-state index in [9.17, 15) is 0 Å². The molecule has 0 spiro atoms. The summed E-state index contributed by atoms with van der Waals surface area (Å²) in [5, 5.41) is 12.8. The number of hydrogen-bond donors (Lipinski definition) is 2. The van der Waals surface area contributed by atoms with Crippen LogP contribution in [0.3, 0.4) is 0 Å². The summed E-state index contributed by atoms with van der Waals surface area (Å²) in [6.07, 6.45) is 3.52. The lowest BCUT2D eigenvalue weighted by atomic mass is 10.1. The van der Waals surface area contributed by atoms with E-state index in [0.717, 1.165) is 5.56 Å². The first-order valence-corrected chi connectivity index (χ1v) is 7.09. The van der Waals surface area contributed by atoms with E-state index in [1.54, 1.807) is 23.0 Å². The second-order valence-corrected chi connectivity index (χ2v) is 5.21. The van der Waals surface area contributed by atoms with Gasteiger partial charge < -0.3 is 5.73 Å². The Hall–Kier alpha value is -2.66. The predicted octanol–water partition coefficient (Wildman–Crippen LogP) is 2.93. The van der Waals surface area contributed by atoms with E-state index in [-0.39, 0.29) is 5.84 Å².